The Bertz CT molecular complexity index is 807. The number of fused-ring (bicyclic) bond motifs is 1. The zero-order valence-electron chi connectivity index (χ0n) is 16.2. The van der Waals surface area contributed by atoms with Crippen molar-refractivity contribution in [2.45, 2.75) is 64.5 Å². The Morgan fingerprint density at radius 1 is 1.00 bits per heavy atom. The molecule has 26 heavy (non-hydrogen) atoms. The normalized spacial score (nSPS) is 22.7. The van der Waals surface area contributed by atoms with E-state index in [2.05, 4.69) is 53.8 Å². The molecule has 1 aromatic carbocycles. The van der Waals surface area contributed by atoms with Crippen LogP contribution in [0.25, 0.3) is 10.9 Å². The van der Waals surface area contributed by atoms with Crippen molar-refractivity contribution in [3.8, 4) is 0 Å². The van der Waals surface area contributed by atoms with Crippen LogP contribution in [0.1, 0.15) is 64.0 Å². The van der Waals surface area contributed by atoms with Gasteiger partial charge in [0.2, 0.25) is 0 Å². The topological polar surface area (TPSA) is 32.0 Å². The summed E-state index contributed by atoms with van der Waals surface area (Å²) in [7, 11) is 0. The molecule has 4 rings (SSSR count). The summed E-state index contributed by atoms with van der Waals surface area (Å²) in [5.74, 6) is 0. The Hall–Kier alpha value is -1.87. The Kier molecular flexibility index (Phi) is 4.99. The van der Waals surface area contributed by atoms with Crippen LogP contribution in [0.3, 0.4) is 0 Å². The fourth-order valence-corrected chi connectivity index (χ4v) is 4.99. The molecular formula is C23H31N3. The maximum Gasteiger partial charge on any atom is 0.0489 e. The molecule has 3 nitrogen and oxygen atoms in total. The van der Waals surface area contributed by atoms with Gasteiger partial charge in [0, 0.05) is 54.1 Å². The fraction of sp³-hybridized carbons (Fsp3) is 0.522. The number of hydrogen-bond acceptors (Lipinski definition) is 2. The molecule has 2 heterocycles. The van der Waals surface area contributed by atoms with Gasteiger partial charge in [-0.05, 0) is 58.4 Å². The average Bonchev–Trinajstić information content (AvgIpc) is 3.07. The lowest BCUT2D eigenvalue weighted by molar-refractivity contribution is 0.117. The van der Waals surface area contributed by atoms with Gasteiger partial charge in [0.25, 0.3) is 0 Å². The van der Waals surface area contributed by atoms with Gasteiger partial charge < -0.3 is 14.9 Å². The predicted molar refractivity (Wildman–Crippen MR) is 110 cm³/mol. The highest BCUT2D eigenvalue weighted by Gasteiger charge is 2.28. The van der Waals surface area contributed by atoms with Crippen LogP contribution in [0.15, 0.2) is 41.6 Å². The Labute approximate surface area is 157 Å². The monoisotopic (exact) mass is 349 g/mol. The van der Waals surface area contributed by atoms with Gasteiger partial charge in [0.1, 0.15) is 0 Å². The van der Waals surface area contributed by atoms with Crippen molar-refractivity contribution in [2.24, 2.45) is 0 Å². The average molecular weight is 350 g/mol. The molecule has 138 valence electrons. The minimum atomic E-state index is 0.571. The van der Waals surface area contributed by atoms with E-state index in [0.29, 0.717) is 6.04 Å². The lowest BCUT2D eigenvalue weighted by atomic mass is 9.86. The number of para-hydroxylation sites is 1. The molecule has 2 aromatic rings. The molecule has 1 saturated carbocycles. The van der Waals surface area contributed by atoms with Gasteiger partial charge in [-0.2, -0.15) is 0 Å². The first-order chi connectivity index (χ1) is 12.7. The van der Waals surface area contributed by atoms with Crippen LogP contribution < -0.4 is 0 Å². The molecule has 3 heteroatoms. The molecule has 1 aromatic heterocycles. The summed E-state index contributed by atoms with van der Waals surface area (Å²) in [6.07, 6.45) is 11.4. The standard InChI is InChI=1S/C23H31N3/c1-17(2)18-7-9-20(10-8-18)25-13-11-21(12-14-25)26-16-19(15-24)22-5-3-4-6-23(22)26/h3-6,15-16,20-21,24H,7-14H2,1-2H3. The number of aromatic nitrogens is 1. The van der Waals surface area contributed by atoms with Crippen LogP contribution >= 0.6 is 0 Å². The number of piperidine rings is 1. The van der Waals surface area contributed by atoms with E-state index >= 15 is 0 Å². The van der Waals surface area contributed by atoms with Gasteiger partial charge in [0.15, 0.2) is 0 Å². The summed E-state index contributed by atoms with van der Waals surface area (Å²) in [5, 5.41) is 8.93. The van der Waals surface area contributed by atoms with Crippen molar-refractivity contribution >= 4 is 17.1 Å². The number of likely N-dealkylation sites (tertiary alicyclic amines) is 1. The molecule has 1 aliphatic heterocycles. The van der Waals surface area contributed by atoms with E-state index < -0.39 is 0 Å². The molecule has 1 aliphatic carbocycles. The highest BCUT2D eigenvalue weighted by atomic mass is 15.2. The summed E-state index contributed by atoms with van der Waals surface area (Å²) in [5.41, 5.74) is 5.58. The summed E-state index contributed by atoms with van der Waals surface area (Å²) < 4.78 is 2.44. The number of nitrogens with zero attached hydrogens (tertiary/aromatic N) is 2. The molecule has 0 unspecified atom stereocenters. The van der Waals surface area contributed by atoms with Crippen molar-refractivity contribution in [3.05, 3.63) is 47.2 Å². The second-order valence-corrected chi connectivity index (χ2v) is 8.26. The summed E-state index contributed by atoms with van der Waals surface area (Å²) in [4.78, 5) is 2.75. The number of hydrogen-bond donors (Lipinski definition) is 1. The zero-order valence-corrected chi connectivity index (χ0v) is 16.2. The van der Waals surface area contributed by atoms with Crippen molar-refractivity contribution in [2.75, 3.05) is 13.1 Å². The summed E-state index contributed by atoms with van der Waals surface area (Å²) in [6, 6.07) is 9.90. The van der Waals surface area contributed by atoms with E-state index in [4.69, 9.17) is 5.41 Å². The smallest absolute Gasteiger partial charge is 0.0489 e. The van der Waals surface area contributed by atoms with Gasteiger partial charge in [-0.3, -0.25) is 0 Å². The van der Waals surface area contributed by atoms with Crippen molar-refractivity contribution < 1.29 is 0 Å². The highest BCUT2D eigenvalue weighted by molar-refractivity contribution is 5.98. The van der Waals surface area contributed by atoms with Crippen LogP contribution in [-0.4, -0.2) is 34.8 Å². The molecular weight excluding hydrogens is 318 g/mol. The Morgan fingerprint density at radius 3 is 2.35 bits per heavy atom. The third kappa shape index (κ3) is 3.25. The molecule has 2 aliphatic rings. The van der Waals surface area contributed by atoms with Gasteiger partial charge in [-0.25, -0.2) is 0 Å². The molecule has 1 saturated heterocycles. The SMILES string of the molecule is CC(C)=C1CCC(N2CCC(n3cc(C=N)c4ccccc43)CC2)CC1. The molecule has 1 N–H and O–H groups in total. The number of allylic oxidation sites excluding steroid dienone is 2. The molecule has 0 bridgehead atoms. The van der Waals surface area contributed by atoms with Crippen LogP contribution in [0.4, 0.5) is 0 Å². The van der Waals surface area contributed by atoms with Crippen molar-refractivity contribution in [3.63, 3.8) is 0 Å². The minimum Gasteiger partial charge on any atom is -0.344 e. The van der Waals surface area contributed by atoms with Gasteiger partial charge in [0.05, 0.1) is 0 Å². The number of benzene rings is 1. The first kappa shape index (κ1) is 17.5. The highest BCUT2D eigenvalue weighted by Crippen LogP contribution is 2.34. The minimum absolute atomic E-state index is 0.571. The van der Waals surface area contributed by atoms with E-state index in [1.165, 1.54) is 68.7 Å². The van der Waals surface area contributed by atoms with Gasteiger partial charge in [-0.15, -0.1) is 0 Å². The van der Waals surface area contributed by atoms with Crippen molar-refractivity contribution in [1.82, 2.24) is 9.47 Å². The summed E-state index contributed by atoms with van der Waals surface area (Å²) >= 11 is 0. The molecule has 0 amide bonds. The zero-order chi connectivity index (χ0) is 18.1. The second-order valence-electron chi connectivity index (χ2n) is 8.26. The number of nitrogens with one attached hydrogen (secondary N) is 1. The first-order valence-electron chi connectivity index (χ1n) is 10.2. The maximum absolute atomic E-state index is 7.72. The Balaban J connectivity index is 1.43. The van der Waals surface area contributed by atoms with Crippen LogP contribution in [0.5, 0.6) is 0 Å². The van der Waals surface area contributed by atoms with Gasteiger partial charge >= 0.3 is 0 Å². The quantitative estimate of drug-likeness (QED) is 0.571. The lowest BCUT2D eigenvalue weighted by Crippen LogP contribution is -2.42. The largest absolute Gasteiger partial charge is 0.344 e. The first-order valence-corrected chi connectivity index (χ1v) is 10.2. The number of rotatable bonds is 3. The third-order valence-corrected chi connectivity index (χ3v) is 6.60. The lowest BCUT2D eigenvalue weighted by Gasteiger charge is -2.40. The Morgan fingerprint density at radius 2 is 1.69 bits per heavy atom. The third-order valence-electron chi connectivity index (χ3n) is 6.60. The van der Waals surface area contributed by atoms with Crippen LogP contribution in [0.2, 0.25) is 0 Å². The molecule has 2 fully saturated rings. The predicted octanol–water partition coefficient (Wildman–Crippen LogP) is 5.55. The molecule has 0 atom stereocenters. The molecule has 0 spiro atoms. The van der Waals surface area contributed by atoms with Crippen LogP contribution in [0, 0.1) is 5.41 Å². The fourth-order valence-electron chi connectivity index (χ4n) is 4.99. The second kappa shape index (κ2) is 7.40. The summed E-state index contributed by atoms with van der Waals surface area (Å²) in [6.45, 7) is 6.97. The van der Waals surface area contributed by atoms with E-state index in [9.17, 15) is 0 Å². The van der Waals surface area contributed by atoms with E-state index in [-0.39, 0.29) is 0 Å². The van der Waals surface area contributed by atoms with E-state index in [1.807, 2.05) is 0 Å². The maximum atomic E-state index is 7.72. The van der Waals surface area contributed by atoms with E-state index in [1.54, 1.807) is 11.1 Å². The molecule has 0 radical (unpaired) electrons. The van der Waals surface area contributed by atoms with Crippen LogP contribution in [-0.2, 0) is 0 Å². The van der Waals surface area contributed by atoms with Crippen molar-refractivity contribution in [1.29, 1.82) is 5.41 Å². The van der Waals surface area contributed by atoms with E-state index in [0.717, 1.165) is 11.6 Å². The van der Waals surface area contributed by atoms with Gasteiger partial charge in [-0.1, -0.05) is 29.3 Å².